The van der Waals surface area contributed by atoms with Crippen LogP contribution in [-0.4, -0.2) is 53.2 Å². The monoisotopic (exact) mass is 496 g/mol. The summed E-state index contributed by atoms with van der Waals surface area (Å²) in [4.78, 5) is 42.8. The summed E-state index contributed by atoms with van der Waals surface area (Å²) in [6.45, 7) is 3.88. The number of para-hydroxylation sites is 1. The Hall–Kier alpha value is -3.44. The van der Waals surface area contributed by atoms with Crippen molar-refractivity contribution in [2.45, 2.75) is 44.2 Å². The van der Waals surface area contributed by atoms with Crippen LogP contribution in [0.4, 0.5) is 10.1 Å². The number of nitriles is 1. The fraction of sp³-hybridized carbons (Fsp3) is 0.385. The molecular weight excluding hydrogens is 471 g/mol. The summed E-state index contributed by atoms with van der Waals surface area (Å²) >= 11 is 5.93. The topological polar surface area (TPSA) is 93.5 Å². The van der Waals surface area contributed by atoms with Crippen molar-refractivity contribution in [2.75, 3.05) is 18.9 Å². The van der Waals surface area contributed by atoms with Crippen molar-refractivity contribution in [1.82, 2.24) is 9.80 Å². The van der Waals surface area contributed by atoms with Crippen molar-refractivity contribution in [3.8, 4) is 6.07 Å². The van der Waals surface area contributed by atoms with E-state index in [1.165, 1.54) is 22.9 Å². The highest BCUT2D eigenvalue weighted by molar-refractivity contribution is 6.31. The van der Waals surface area contributed by atoms with Gasteiger partial charge < -0.3 is 15.1 Å². The van der Waals surface area contributed by atoms with Crippen molar-refractivity contribution in [1.29, 1.82) is 5.26 Å². The lowest BCUT2D eigenvalue weighted by molar-refractivity contribution is -0.136. The Morgan fingerprint density at radius 2 is 2.03 bits per heavy atom. The molecule has 7 nitrogen and oxygen atoms in total. The van der Waals surface area contributed by atoms with Crippen molar-refractivity contribution < 1.29 is 18.8 Å². The second kappa shape index (κ2) is 9.31. The molecule has 3 amide bonds. The molecule has 0 saturated carbocycles. The molecule has 9 heteroatoms. The summed E-state index contributed by atoms with van der Waals surface area (Å²) in [6.07, 6.45) is 0.498. The van der Waals surface area contributed by atoms with Crippen LogP contribution in [0.15, 0.2) is 42.5 Å². The van der Waals surface area contributed by atoms with Crippen molar-refractivity contribution in [3.63, 3.8) is 0 Å². The molecule has 35 heavy (non-hydrogen) atoms. The van der Waals surface area contributed by atoms with Gasteiger partial charge in [0.1, 0.15) is 17.9 Å². The normalized spacial score (nSPS) is 21.6. The van der Waals surface area contributed by atoms with Gasteiger partial charge in [-0.3, -0.25) is 14.4 Å². The van der Waals surface area contributed by atoms with E-state index in [1.54, 1.807) is 6.07 Å². The first kappa shape index (κ1) is 24.7. The van der Waals surface area contributed by atoms with Gasteiger partial charge in [-0.2, -0.15) is 5.26 Å². The predicted octanol–water partition coefficient (Wildman–Crippen LogP) is 3.98. The zero-order valence-electron chi connectivity index (χ0n) is 19.7. The molecule has 2 aromatic carbocycles. The van der Waals surface area contributed by atoms with Crippen molar-refractivity contribution in [2.24, 2.45) is 5.92 Å². The first-order valence-electron chi connectivity index (χ1n) is 11.4. The van der Waals surface area contributed by atoms with E-state index in [1.807, 2.05) is 32.0 Å². The van der Waals surface area contributed by atoms with Gasteiger partial charge in [-0.25, -0.2) is 4.39 Å². The van der Waals surface area contributed by atoms with Gasteiger partial charge in [0.25, 0.3) is 5.91 Å². The van der Waals surface area contributed by atoms with Crippen LogP contribution in [0.3, 0.4) is 0 Å². The molecule has 0 radical (unpaired) electrons. The molecule has 0 aliphatic carbocycles. The number of hydrogen-bond acceptors (Lipinski definition) is 4. The highest BCUT2D eigenvalue weighted by Gasteiger charge is 2.56. The third-order valence-corrected chi connectivity index (χ3v) is 7.01. The first-order chi connectivity index (χ1) is 16.6. The van der Waals surface area contributed by atoms with Gasteiger partial charge in [-0.05, 0) is 42.2 Å². The van der Waals surface area contributed by atoms with E-state index in [9.17, 15) is 24.0 Å². The molecule has 182 valence electrons. The standard InChI is InChI=1S/C26H26ClFN4O3/c1-15(2)8-22(31(3)23(33)16-9-17(27)11-18(28)10-16)24(34)32-14-26(12-19(32)13-29)20-6-4-5-7-21(20)30-25(26)35/h4-7,9-11,15,19,22H,8,12,14H2,1-3H3,(H,30,35)/t19-,22-,26-/m0/s1. The fourth-order valence-corrected chi connectivity index (χ4v) is 5.29. The van der Waals surface area contributed by atoms with Crippen molar-refractivity contribution in [3.05, 3.63) is 64.4 Å². The number of halogens is 2. The maximum atomic E-state index is 13.9. The van der Waals surface area contributed by atoms with Crippen LogP contribution in [0.2, 0.25) is 5.02 Å². The van der Waals surface area contributed by atoms with Crippen LogP contribution in [0.25, 0.3) is 0 Å². The SMILES string of the molecule is CC(C)C[C@@H](C(=O)N1C[C@]2(C[C@H]1C#N)C(=O)Nc1ccccc12)N(C)C(=O)c1cc(F)cc(Cl)c1. The number of benzene rings is 2. The van der Waals surface area contributed by atoms with Gasteiger partial charge in [-0.15, -0.1) is 0 Å². The molecule has 0 aromatic heterocycles. The van der Waals surface area contributed by atoms with Gasteiger partial charge >= 0.3 is 0 Å². The molecule has 0 bridgehead atoms. The van der Waals surface area contributed by atoms with Gasteiger partial charge in [-0.1, -0.05) is 43.6 Å². The summed E-state index contributed by atoms with van der Waals surface area (Å²) in [7, 11) is 1.48. The molecule has 4 rings (SSSR count). The van der Waals surface area contributed by atoms with Crippen LogP contribution in [-0.2, 0) is 15.0 Å². The molecule has 2 aliphatic heterocycles. The highest BCUT2D eigenvalue weighted by Crippen LogP contribution is 2.46. The summed E-state index contributed by atoms with van der Waals surface area (Å²) in [5.74, 6) is -1.83. The van der Waals surface area contributed by atoms with E-state index in [0.29, 0.717) is 12.1 Å². The number of carbonyl (C=O) groups excluding carboxylic acids is 3. The Labute approximate surface area is 208 Å². The van der Waals surface area contributed by atoms with E-state index >= 15 is 0 Å². The minimum atomic E-state index is -1.02. The summed E-state index contributed by atoms with van der Waals surface area (Å²) in [5, 5.41) is 12.8. The van der Waals surface area contributed by atoms with Gasteiger partial charge in [0, 0.05) is 36.3 Å². The van der Waals surface area contributed by atoms with Crippen LogP contribution in [0, 0.1) is 23.1 Å². The third-order valence-electron chi connectivity index (χ3n) is 6.79. The third kappa shape index (κ3) is 4.37. The number of likely N-dealkylation sites (N-methyl/N-ethyl adjacent to an activating group) is 1. The number of fused-ring (bicyclic) bond motifs is 2. The van der Waals surface area contributed by atoms with Crippen molar-refractivity contribution >= 4 is 35.0 Å². The second-order valence-electron chi connectivity index (χ2n) is 9.62. The molecule has 1 fully saturated rings. The largest absolute Gasteiger partial charge is 0.330 e. The Kier molecular flexibility index (Phi) is 6.56. The molecule has 1 saturated heterocycles. The maximum Gasteiger partial charge on any atom is 0.254 e. The lowest BCUT2D eigenvalue weighted by atomic mass is 9.80. The minimum Gasteiger partial charge on any atom is -0.330 e. The molecule has 2 heterocycles. The van der Waals surface area contributed by atoms with E-state index in [-0.39, 0.29) is 35.4 Å². The van der Waals surface area contributed by atoms with Crippen LogP contribution >= 0.6 is 11.6 Å². The number of rotatable bonds is 5. The number of amides is 3. The predicted molar refractivity (Wildman–Crippen MR) is 129 cm³/mol. The van der Waals surface area contributed by atoms with E-state index in [2.05, 4.69) is 11.4 Å². The quantitative estimate of drug-likeness (QED) is 0.677. The average molecular weight is 497 g/mol. The zero-order chi connectivity index (χ0) is 25.5. The average Bonchev–Trinajstić information content (AvgIpc) is 3.33. The minimum absolute atomic E-state index is 0.0258. The molecule has 0 unspecified atom stereocenters. The highest BCUT2D eigenvalue weighted by atomic mass is 35.5. The Bertz CT molecular complexity index is 1220. The molecule has 1 spiro atoms. The van der Waals surface area contributed by atoms with E-state index < -0.39 is 35.1 Å². The number of nitrogens with zero attached hydrogens (tertiary/aromatic N) is 3. The number of hydrogen-bond donors (Lipinski definition) is 1. The number of anilines is 1. The van der Waals surface area contributed by atoms with E-state index in [0.717, 1.165) is 17.7 Å². The summed E-state index contributed by atoms with van der Waals surface area (Å²) in [5.41, 5.74) is 0.448. The smallest absolute Gasteiger partial charge is 0.254 e. The maximum absolute atomic E-state index is 13.9. The van der Waals surface area contributed by atoms with Gasteiger partial charge in [0.15, 0.2) is 0 Å². The van der Waals surface area contributed by atoms with Gasteiger partial charge in [0.2, 0.25) is 11.8 Å². The molecule has 3 atom stereocenters. The Morgan fingerprint density at radius 1 is 1.31 bits per heavy atom. The molecule has 2 aromatic rings. The first-order valence-corrected chi connectivity index (χ1v) is 11.8. The fourth-order valence-electron chi connectivity index (χ4n) is 5.07. The number of nitrogens with one attached hydrogen (secondary N) is 1. The van der Waals surface area contributed by atoms with Crippen LogP contribution < -0.4 is 5.32 Å². The zero-order valence-corrected chi connectivity index (χ0v) is 20.5. The van der Waals surface area contributed by atoms with Crippen LogP contribution in [0.1, 0.15) is 42.6 Å². The second-order valence-corrected chi connectivity index (χ2v) is 10.1. The molecule has 1 N–H and O–H groups in total. The van der Waals surface area contributed by atoms with Crippen LogP contribution in [0.5, 0.6) is 0 Å². The molecule has 2 aliphatic rings. The van der Waals surface area contributed by atoms with Gasteiger partial charge in [0.05, 0.1) is 11.5 Å². The molecular formula is C26H26ClFN4O3. The number of likely N-dealkylation sites (tertiary alicyclic amines) is 1. The Morgan fingerprint density at radius 3 is 2.69 bits per heavy atom. The lowest BCUT2D eigenvalue weighted by Gasteiger charge is -2.33. The summed E-state index contributed by atoms with van der Waals surface area (Å²) in [6, 6.07) is 11.2. The summed E-state index contributed by atoms with van der Waals surface area (Å²) < 4.78 is 13.9. The van der Waals surface area contributed by atoms with E-state index in [4.69, 9.17) is 11.6 Å². The lowest BCUT2D eigenvalue weighted by Crippen LogP contribution is -2.52. The number of carbonyl (C=O) groups is 3. The Balaban J connectivity index is 1.66.